The number of hydrogen-bond acceptors (Lipinski definition) is 3. The average Bonchev–Trinajstić information content (AvgIpc) is 2.64. The Labute approximate surface area is 161 Å². The third kappa shape index (κ3) is 3.77. The van der Waals surface area contributed by atoms with E-state index < -0.39 is 16.1 Å². The number of carbonyl (C=O) groups excluding carboxylic acids is 1. The highest BCUT2D eigenvalue weighted by molar-refractivity contribution is 7.89. The van der Waals surface area contributed by atoms with Crippen molar-refractivity contribution in [3.05, 3.63) is 59.7 Å². The Morgan fingerprint density at radius 1 is 0.963 bits per heavy atom. The molecular weight excluding hydrogens is 360 g/mol. The average molecular weight is 387 g/mol. The summed E-state index contributed by atoms with van der Waals surface area (Å²) in [4.78, 5) is 14.8. The van der Waals surface area contributed by atoms with Gasteiger partial charge in [-0.1, -0.05) is 43.7 Å². The summed E-state index contributed by atoms with van der Waals surface area (Å²) in [5.41, 5.74) is 3.01. The molecule has 1 fully saturated rings. The zero-order valence-corrected chi connectivity index (χ0v) is 17.0. The van der Waals surface area contributed by atoms with Gasteiger partial charge in [-0.15, -0.1) is 0 Å². The van der Waals surface area contributed by atoms with Crippen LogP contribution in [0.5, 0.6) is 0 Å². The fourth-order valence-electron chi connectivity index (χ4n) is 3.32. The van der Waals surface area contributed by atoms with Gasteiger partial charge >= 0.3 is 0 Å². The number of sulfonamides is 1. The molecule has 2 aromatic rings. The zero-order chi connectivity index (χ0) is 19.8. The summed E-state index contributed by atoms with van der Waals surface area (Å²) in [6.07, 6.45) is 0. The Morgan fingerprint density at radius 2 is 1.56 bits per heavy atom. The van der Waals surface area contributed by atoms with Gasteiger partial charge in [0.2, 0.25) is 15.9 Å². The van der Waals surface area contributed by atoms with E-state index in [1.807, 2.05) is 31.2 Å². The molecule has 1 aliphatic heterocycles. The largest absolute Gasteiger partial charge is 0.310 e. The number of carbonyl (C=O) groups is 1. The van der Waals surface area contributed by atoms with Crippen LogP contribution in [-0.4, -0.2) is 37.8 Å². The molecule has 144 valence electrons. The van der Waals surface area contributed by atoms with Gasteiger partial charge in [-0.25, -0.2) is 8.42 Å². The molecule has 0 aliphatic carbocycles. The normalized spacial score (nSPS) is 18.9. The second kappa shape index (κ2) is 7.44. The molecule has 1 atom stereocenters. The highest BCUT2D eigenvalue weighted by atomic mass is 32.2. The van der Waals surface area contributed by atoms with E-state index in [1.165, 1.54) is 9.87 Å². The van der Waals surface area contributed by atoms with Crippen LogP contribution in [0.4, 0.5) is 5.69 Å². The van der Waals surface area contributed by atoms with Crippen LogP contribution in [0.15, 0.2) is 53.4 Å². The van der Waals surface area contributed by atoms with Crippen LogP contribution in [0.25, 0.3) is 0 Å². The number of hydrogen-bond donors (Lipinski definition) is 0. The summed E-state index contributed by atoms with van der Waals surface area (Å²) in [5.74, 6) is 0.222. The third-order valence-electron chi connectivity index (χ3n) is 5.10. The van der Waals surface area contributed by atoms with Gasteiger partial charge in [-0.05, 0) is 49.6 Å². The molecule has 6 heteroatoms. The summed E-state index contributed by atoms with van der Waals surface area (Å²) >= 11 is 0. The molecule has 2 aromatic carbocycles. The molecule has 3 rings (SSSR count). The van der Waals surface area contributed by atoms with E-state index in [9.17, 15) is 13.2 Å². The molecule has 1 saturated heterocycles. The van der Waals surface area contributed by atoms with Crippen molar-refractivity contribution >= 4 is 21.6 Å². The molecule has 1 heterocycles. The number of benzene rings is 2. The molecule has 0 saturated carbocycles. The topological polar surface area (TPSA) is 57.7 Å². The smallest absolute Gasteiger partial charge is 0.245 e. The number of rotatable bonds is 4. The Bertz CT molecular complexity index is 919. The summed E-state index contributed by atoms with van der Waals surface area (Å²) in [5, 5.41) is 0. The van der Waals surface area contributed by atoms with Crippen molar-refractivity contribution in [1.29, 1.82) is 0 Å². The number of nitrogens with zero attached hydrogens (tertiary/aromatic N) is 2. The predicted octanol–water partition coefficient (Wildman–Crippen LogP) is 3.54. The van der Waals surface area contributed by atoms with E-state index >= 15 is 0 Å². The van der Waals surface area contributed by atoms with Gasteiger partial charge in [0.05, 0.1) is 4.90 Å². The van der Waals surface area contributed by atoms with Crippen LogP contribution < -0.4 is 4.90 Å². The van der Waals surface area contributed by atoms with Crippen LogP contribution in [0, 0.1) is 6.92 Å². The Kier molecular flexibility index (Phi) is 5.40. The number of amides is 1. The molecule has 1 aliphatic rings. The molecular formula is C21H26N2O3S. The first-order valence-electron chi connectivity index (χ1n) is 9.21. The van der Waals surface area contributed by atoms with Gasteiger partial charge in [0.1, 0.15) is 6.04 Å². The van der Waals surface area contributed by atoms with Crippen molar-refractivity contribution in [2.45, 2.75) is 44.6 Å². The van der Waals surface area contributed by atoms with Gasteiger partial charge in [-0.2, -0.15) is 4.31 Å². The standard InChI is InChI=1S/C21H26N2O3S/c1-15(2)18-7-9-19(10-8-18)22-13-14-23(17(4)21(22)24)27(25,26)20-11-5-16(3)6-12-20/h5-12,15,17H,13-14H2,1-4H3/t17-/m0/s1. The lowest BCUT2D eigenvalue weighted by Crippen LogP contribution is -2.57. The molecule has 0 aromatic heterocycles. The fraction of sp³-hybridized carbons (Fsp3) is 0.381. The Balaban J connectivity index is 1.82. The van der Waals surface area contributed by atoms with Crippen LogP contribution in [-0.2, 0) is 14.8 Å². The predicted molar refractivity (Wildman–Crippen MR) is 107 cm³/mol. The highest BCUT2D eigenvalue weighted by Gasteiger charge is 2.39. The first-order chi connectivity index (χ1) is 12.7. The SMILES string of the molecule is Cc1ccc(S(=O)(=O)N2CCN(c3ccc(C(C)C)cc3)C(=O)[C@@H]2C)cc1. The van der Waals surface area contributed by atoms with Crippen LogP contribution in [0.2, 0.25) is 0 Å². The van der Waals surface area contributed by atoms with Crippen molar-refractivity contribution in [2.24, 2.45) is 0 Å². The minimum Gasteiger partial charge on any atom is -0.310 e. The minimum absolute atomic E-state index is 0.200. The molecule has 0 N–H and O–H groups in total. The first-order valence-corrected chi connectivity index (χ1v) is 10.7. The first kappa shape index (κ1) is 19.6. The quantitative estimate of drug-likeness (QED) is 0.807. The Hall–Kier alpha value is -2.18. The van der Waals surface area contributed by atoms with E-state index in [2.05, 4.69) is 13.8 Å². The van der Waals surface area contributed by atoms with Crippen LogP contribution >= 0.6 is 0 Å². The van der Waals surface area contributed by atoms with Crippen LogP contribution in [0.3, 0.4) is 0 Å². The second-order valence-corrected chi connectivity index (χ2v) is 9.23. The molecule has 27 heavy (non-hydrogen) atoms. The fourth-order valence-corrected chi connectivity index (χ4v) is 4.90. The third-order valence-corrected chi connectivity index (χ3v) is 7.08. The molecule has 0 radical (unpaired) electrons. The number of aryl methyl sites for hydroxylation is 1. The van der Waals surface area contributed by atoms with E-state index in [1.54, 1.807) is 36.1 Å². The molecule has 0 bridgehead atoms. The zero-order valence-electron chi connectivity index (χ0n) is 16.2. The van der Waals surface area contributed by atoms with E-state index in [-0.39, 0.29) is 17.3 Å². The van der Waals surface area contributed by atoms with Crippen molar-refractivity contribution in [3.63, 3.8) is 0 Å². The van der Waals surface area contributed by atoms with E-state index in [0.29, 0.717) is 12.5 Å². The summed E-state index contributed by atoms with van der Waals surface area (Å²) < 4.78 is 27.2. The maximum Gasteiger partial charge on any atom is 0.245 e. The van der Waals surface area contributed by atoms with Gasteiger partial charge < -0.3 is 4.90 Å². The summed E-state index contributed by atoms with van der Waals surface area (Å²) in [6, 6.07) is 13.9. The monoisotopic (exact) mass is 386 g/mol. The number of anilines is 1. The van der Waals surface area contributed by atoms with Crippen molar-refractivity contribution < 1.29 is 13.2 Å². The van der Waals surface area contributed by atoms with Crippen LogP contribution in [0.1, 0.15) is 37.8 Å². The van der Waals surface area contributed by atoms with E-state index in [0.717, 1.165) is 11.3 Å². The van der Waals surface area contributed by atoms with E-state index in [4.69, 9.17) is 0 Å². The maximum absolute atomic E-state index is 13.0. The molecule has 1 amide bonds. The second-order valence-electron chi connectivity index (χ2n) is 7.34. The van der Waals surface area contributed by atoms with Gasteiger partial charge in [-0.3, -0.25) is 4.79 Å². The lowest BCUT2D eigenvalue weighted by molar-refractivity contribution is -0.123. The summed E-state index contributed by atoms with van der Waals surface area (Å²) in [6.45, 7) is 8.42. The molecule has 0 spiro atoms. The molecule has 0 unspecified atom stereocenters. The lowest BCUT2D eigenvalue weighted by Gasteiger charge is -2.38. The van der Waals surface area contributed by atoms with Gasteiger partial charge in [0.15, 0.2) is 0 Å². The van der Waals surface area contributed by atoms with Crippen molar-refractivity contribution in [1.82, 2.24) is 4.31 Å². The maximum atomic E-state index is 13.0. The van der Waals surface area contributed by atoms with Gasteiger partial charge in [0.25, 0.3) is 0 Å². The Morgan fingerprint density at radius 3 is 2.11 bits per heavy atom. The highest BCUT2D eigenvalue weighted by Crippen LogP contribution is 2.27. The van der Waals surface area contributed by atoms with Crippen molar-refractivity contribution in [2.75, 3.05) is 18.0 Å². The molecule has 5 nitrogen and oxygen atoms in total. The van der Waals surface area contributed by atoms with Crippen molar-refractivity contribution in [3.8, 4) is 0 Å². The minimum atomic E-state index is -3.70. The number of piperazine rings is 1. The lowest BCUT2D eigenvalue weighted by atomic mass is 10.0. The van der Waals surface area contributed by atoms with Gasteiger partial charge in [0, 0.05) is 18.8 Å². The summed E-state index contributed by atoms with van der Waals surface area (Å²) in [7, 11) is -3.70.